The van der Waals surface area contributed by atoms with Crippen LogP contribution in [0.1, 0.15) is 55.3 Å². The van der Waals surface area contributed by atoms with Gasteiger partial charge in [-0.05, 0) is 43.2 Å². The number of furan rings is 1. The van der Waals surface area contributed by atoms with E-state index in [-0.39, 0.29) is 40.5 Å². The van der Waals surface area contributed by atoms with Crippen molar-refractivity contribution in [2.45, 2.75) is 26.9 Å². The van der Waals surface area contributed by atoms with Gasteiger partial charge in [-0.15, -0.1) is 11.3 Å². The fourth-order valence-electron chi connectivity index (χ4n) is 3.01. The minimum Gasteiger partial charge on any atom is -0.484 e. The van der Waals surface area contributed by atoms with E-state index in [2.05, 4.69) is 5.32 Å². The summed E-state index contributed by atoms with van der Waals surface area (Å²) in [5.74, 6) is -0.731. The van der Waals surface area contributed by atoms with Crippen LogP contribution in [0.4, 0.5) is 5.00 Å². The van der Waals surface area contributed by atoms with Gasteiger partial charge in [0.25, 0.3) is 11.8 Å². The second-order valence-electron chi connectivity index (χ2n) is 7.66. The Morgan fingerprint density at radius 2 is 1.89 bits per heavy atom. The van der Waals surface area contributed by atoms with E-state index in [9.17, 15) is 14.4 Å². The van der Waals surface area contributed by atoms with Crippen LogP contribution in [0.2, 0.25) is 10.0 Å². The summed E-state index contributed by atoms with van der Waals surface area (Å²) < 4.78 is 16.5. The normalized spacial score (nSPS) is 10.7. The van der Waals surface area contributed by atoms with Gasteiger partial charge in [0, 0.05) is 14.1 Å². The Labute approximate surface area is 216 Å². The number of benzene rings is 1. The van der Waals surface area contributed by atoms with Crippen LogP contribution in [0.3, 0.4) is 0 Å². The van der Waals surface area contributed by atoms with Gasteiger partial charge in [-0.25, -0.2) is 4.79 Å². The number of carbonyl (C=O) groups is 3. The van der Waals surface area contributed by atoms with E-state index in [1.54, 1.807) is 45.3 Å². The Morgan fingerprint density at radius 3 is 2.57 bits per heavy atom. The number of hydrogen-bond donors (Lipinski definition) is 1. The van der Waals surface area contributed by atoms with Gasteiger partial charge in [0.1, 0.15) is 28.1 Å². The summed E-state index contributed by atoms with van der Waals surface area (Å²) in [6.45, 7) is 3.75. The minimum atomic E-state index is -0.611. The quantitative estimate of drug-likeness (QED) is 0.332. The lowest BCUT2D eigenvalue weighted by Crippen LogP contribution is -2.21. The molecule has 0 aliphatic heterocycles. The zero-order valence-electron chi connectivity index (χ0n) is 19.6. The third kappa shape index (κ3) is 6.17. The summed E-state index contributed by atoms with van der Waals surface area (Å²) in [5, 5.41) is 3.52. The van der Waals surface area contributed by atoms with E-state index in [0.29, 0.717) is 33.4 Å². The van der Waals surface area contributed by atoms with Crippen molar-refractivity contribution in [2.24, 2.45) is 0 Å². The maximum atomic E-state index is 12.9. The molecule has 11 heteroatoms. The first-order chi connectivity index (χ1) is 16.6. The van der Waals surface area contributed by atoms with E-state index in [1.807, 2.05) is 6.92 Å². The molecular weight excluding hydrogens is 515 g/mol. The number of ether oxygens (including phenoxy) is 2. The van der Waals surface area contributed by atoms with Gasteiger partial charge in [-0.3, -0.25) is 9.59 Å². The van der Waals surface area contributed by atoms with Crippen LogP contribution < -0.4 is 10.1 Å². The Kier molecular flexibility index (Phi) is 8.82. The van der Waals surface area contributed by atoms with Gasteiger partial charge < -0.3 is 24.1 Å². The Balaban J connectivity index is 1.79. The highest BCUT2D eigenvalue weighted by molar-refractivity contribution is 7.18. The van der Waals surface area contributed by atoms with Gasteiger partial charge in [-0.1, -0.05) is 36.2 Å². The molecule has 0 spiro atoms. The molecule has 0 aliphatic carbocycles. The van der Waals surface area contributed by atoms with Gasteiger partial charge in [0.05, 0.1) is 22.1 Å². The summed E-state index contributed by atoms with van der Waals surface area (Å²) in [4.78, 5) is 39.9. The van der Waals surface area contributed by atoms with Crippen molar-refractivity contribution in [1.82, 2.24) is 4.90 Å². The van der Waals surface area contributed by atoms with Gasteiger partial charge in [0.2, 0.25) is 0 Å². The number of hydrogen-bond acceptors (Lipinski definition) is 7. The second kappa shape index (κ2) is 11.6. The lowest BCUT2D eigenvalue weighted by Gasteiger charge is -2.09. The van der Waals surface area contributed by atoms with E-state index >= 15 is 0 Å². The molecule has 0 saturated carbocycles. The minimum absolute atomic E-state index is 0.000190. The molecular formula is C24H24Cl2N2O6S. The van der Waals surface area contributed by atoms with Crippen molar-refractivity contribution >= 4 is 57.3 Å². The standard InChI is InChI=1S/C24H24Cl2N2O6S/c1-5-11-32-24(31)18-13(2)20(23(30)28(3)4)35-22(18)27-21(29)17-10-9-14(34-17)12-33-16-8-6-7-15(25)19(16)26/h6-10H,5,11-12H2,1-4H3,(H,27,29). The molecule has 0 bridgehead atoms. The molecule has 2 heterocycles. The van der Waals surface area contributed by atoms with Gasteiger partial charge in [0.15, 0.2) is 5.76 Å². The maximum Gasteiger partial charge on any atom is 0.341 e. The molecule has 8 nitrogen and oxygen atoms in total. The second-order valence-corrected chi connectivity index (χ2v) is 9.46. The Bertz CT molecular complexity index is 1250. The van der Waals surface area contributed by atoms with Crippen LogP contribution in [0.5, 0.6) is 5.75 Å². The maximum absolute atomic E-state index is 12.9. The Hall–Kier alpha value is -3.01. The molecule has 0 radical (unpaired) electrons. The molecule has 0 fully saturated rings. The molecule has 1 aromatic carbocycles. The highest BCUT2D eigenvalue weighted by Crippen LogP contribution is 2.35. The number of halogens is 2. The van der Waals surface area contributed by atoms with Gasteiger partial charge >= 0.3 is 5.97 Å². The molecule has 2 aromatic heterocycles. The van der Waals surface area contributed by atoms with Crippen molar-refractivity contribution in [2.75, 3.05) is 26.0 Å². The lowest BCUT2D eigenvalue weighted by molar-refractivity contribution is 0.0506. The van der Waals surface area contributed by atoms with E-state index in [1.165, 1.54) is 11.0 Å². The SMILES string of the molecule is CCCOC(=O)c1c(NC(=O)c2ccc(COc3cccc(Cl)c3Cl)o2)sc(C(=O)N(C)C)c1C. The van der Waals surface area contributed by atoms with Crippen molar-refractivity contribution < 1.29 is 28.3 Å². The van der Waals surface area contributed by atoms with Crippen LogP contribution in [0, 0.1) is 6.92 Å². The first kappa shape index (κ1) is 26.6. The summed E-state index contributed by atoms with van der Waals surface area (Å²) >= 11 is 13.1. The van der Waals surface area contributed by atoms with E-state index in [0.717, 1.165) is 11.3 Å². The topological polar surface area (TPSA) is 98.1 Å². The van der Waals surface area contributed by atoms with Crippen LogP contribution in [0.15, 0.2) is 34.7 Å². The van der Waals surface area contributed by atoms with Crippen molar-refractivity contribution in [3.8, 4) is 5.75 Å². The highest BCUT2D eigenvalue weighted by atomic mass is 35.5. The fourth-order valence-corrected chi connectivity index (χ4v) is 4.57. The molecule has 0 unspecified atom stereocenters. The summed E-state index contributed by atoms with van der Waals surface area (Å²) in [6, 6.07) is 8.07. The van der Waals surface area contributed by atoms with Crippen molar-refractivity contribution in [3.05, 3.63) is 67.9 Å². The van der Waals surface area contributed by atoms with Crippen LogP contribution in [-0.2, 0) is 11.3 Å². The number of nitrogens with one attached hydrogen (secondary N) is 1. The Morgan fingerprint density at radius 1 is 1.14 bits per heavy atom. The molecule has 0 saturated heterocycles. The van der Waals surface area contributed by atoms with Crippen molar-refractivity contribution in [1.29, 1.82) is 0 Å². The average molecular weight is 539 g/mol. The van der Waals surface area contributed by atoms with Crippen LogP contribution in [-0.4, -0.2) is 43.4 Å². The molecule has 3 rings (SSSR count). The van der Waals surface area contributed by atoms with Gasteiger partial charge in [-0.2, -0.15) is 0 Å². The third-order valence-corrected chi connectivity index (χ3v) is 6.78. The number of amides is 2. The van der Waals surface area contributed by atoms with Crippen molar-refractivity contribution in [3.63, 3.8) is 0 Å². The summed E-state index contributed by atoms with van der Waals surface area (Å²) in [6.07, 6.45) is 0.637. The third-order valence-electron chi connectivity index (χ3n) is 4.79. The first-order valence-corrected chi connectivity index (χ1v) is 12.2. The van der Waals surface area contributed by atoms with Crippen LogP contribution >= 0.6 is 34.5 Å². The molecule has 186 valence electrons. The smallest absolute Gasteiger partial charge is 0.341 e. The molecule has 35 heavy (non-hydrogen) atoms. The zero-order valence-corrected chi connectivity index (χ0v) is 21.9. The predicted octanol–water partition coefficient (Wildman–Crippen LogP) is 6.06. The fraction of sp³-hybridized carbons (Fsp3) is 0.292. The highest BCUT2D eigenvalue weighted by Gasteiger charge is 2.28. The molecule has 0 atom stereocenters. The lowest BCUT2D eigenvalue weighted by atomic mass is 10.1. The van der Waals surface area contributed by atoms with E-state index < -0.39 is 11.9 Å². The predicted molar refractivity (Wildman–Crippen MR) is 135 cm³/mol. The number of esters is 1. The van der Waals surface area contributed by atoms with E-state index in [4.69, 9.17) is 37.1 Å². The van der Waals surface area contributed by atoms with Crippen LogP contribution in [0.25, 0.3) is 0 Å². The molecule has 1 N–H and O–H groups in total. The molecule has 3 aromatic rings. The molecule has 2 amide bonds. The summed E-state index contributed by atoms with van der Waals surface area (Å²) in [5.41, 5.74) is 0.588. The molecule has 0 aliphatic rings. The number of nitrogens with zero attached hydrogens (tertiary/aromatic N) is 1. The largest absolute Gasteiger partial charge is 0.484 e. The summed E-state index contributed by atoms with van der Waals surface area (Å²) in [7, 11) is 3.22. The first-order valence-electron chi connectivity index (χ1n) is 10.6. The number of rotatable bonds is 9. The monoisotopic (exact) mass is 538 g/mol. The number of thiophene rings is 1. The zero-order chi connectivity index (χ0) is 25.7. The average Bonchev–Trinajstić information content (AvgIpc) is 3.42. The number of anilines is 1. The number of carbonyl (C=O) groups excluding carboxylic acids is 3.